The Balaban J connectivity index is 2.97. The molecule has 0 bridgehead atoms. The Bertz CT molecular complexity index is 223. The minimum atomic E-state index is -0.727. The average molecular weight is 186 g/mol. The zero-order chi connectivity index (χ0) is 10.7. The monoisotopic (exact) mass is 186 g/mol. The summed E-state index contributed by atoms with van der Waals surface area (Å²) in [5.41, 5.74) is -1.31. The lowest BCUT2D eigenvalue weighted by Gasteiger charge is -2.41. The lowest BCUT2D eigenvalue weighted by Crippen LogP contribution is -2.50. The molecule has 1 aliphatic heterocycles. The molecule has 0 aliphatic carbocycles. The summed E-state index contributed by atoms with van der Waals surface area (Å²) in [6, 6.07) is 0. The summed E-state index contributed by atoms with van der Waals surface area (Å²) in [5.74, 6) is 0. The van der Waals surface area contributed by atoms with Crippen LogP contribution in [0.3, 0.4) is 0 Å². The van der Waals surface area contributed by atoms with Crippen molar-refractivity contribution in [2.45, 2.75) is 65.3 Å². The van der Waals surface area contributed by atoms with Crippen LogP contribution in [0.5, 0.6) is 0 Å². The van der Waals surface area contributed by atoms with E-state index in [0.717, 1.165) is 0 Å². The van der Waals surface area contributed by atoms with Crippen molar-refractivity contribution in [3.63, 3.8) is 0 Å². The van der Waals surface area contributed by atoms with Crippen LogP contribution in [0.15, 0.2) is 0 Å². The van der Waals surface area contributed by atoms with Crippen LogP contribution in [0.25, 0.3) is 0 Å². The van der Waals surface area contributed by atoms with Gasteiger partial charge in [0.1, 0.15) is 5.60 Å². The predicted octanol–water partition coefficient (Wildman–Crippen LogP) is 2.35. The quantitative estimate of drug-likeness (QED) is 0.671. The highest BCUT2D eigenvalue weighted by Crippen LogP contribution is 2.61. The van der Waals surface area contributed by atoms with Crippen LogP contribution in [0, 0.1) is 5.41 Å². The Morgan fingerprint density at radius 2 is 1.31 bits per heavy atom. The summed E-state index contributed by atoms with van der Waals surface area (Å²) in [6.07, 6.45) is 0. The molecule has 1 unspecified atom stereocenters. The minimum Gasteiger partial charge on any atom is -0.390 e. The van der Waals surface area contributed by atoms with E-state index in [2.05, 4.69) is 34.6 Å². The van der Waals surface area contributed by atoms with Crippen molar-refractivity contribution in [1.29, 1.82) is 0 Å². The van der Waals surface area contributed by atoms with Crippen molar-refractivity contribution in [3.05, 3.63) is 0 Å². The zero-order valence-corrected chi connectivity index (χ0v) is 9.86. The molecule has 0 aromatic rings. The molecule has 78 valence electrons. The summed E-state index contributed by atoms with van der Waals surface area (Å²) in [4.78, 5) is 0. The van der Waals surface area contributed by atoms with E-state index >= 15 is 0 Å². The van der Waals surface area contributed by atoms with Gasteiger partial charge in [-0.1, -0.05) is 13.8 Å². The summed E-state index contributed by atoms with van der Waals surface area (Å²) in [6.45, 7) is 14.0. The van der Waals surface area contributed by atoms with Crippen molar-refractivity contribution in [2.24, 2.45) is 5.41 Å². The van der Waals surface area contributed by atoms with E-state index in [1.165, 1.54) is 0 Å². The van der Waals surface area contributed by atoms with Crippen LogP contribution in [-0.4, -0.2) is 21.9 Å². The molecule has 13 heavy (non-hydrogen) atoms. The third-order valence-corrected chi connectivity index (χ3v) is 4.29. The van der Waals surface area contributed by atoms with Crippen molar-refractivity contribution in [3.8, 4) is 0 Å². The third-order valence-electron chi connectivity index (χ3n) is 4.29. The van der Waals surface area contributed by atoms with Crippen molar-refractivity contribution in [1.82, 2.24) is 0 Å². The minimum absolute atomic E-state index is 0.115. The molecule has 1 saturated heterocycles. The molecule has 1 N–H and O–H groups in total. The van der Waals surface area contributed by atoms with E-state index in [1.807, 2.05) is 13.8 Å². The first-order chi connectivity index (χ1) is 5.46. The molecule has 0 amide bonds. The van der Waals surface area contributed by atoms with Gasteiger partial charge in [0, 0.05) is 5.41 Å². The van der Waals surface area contributed by atoms with Gasteiger partial charge >= 0.3 is 0 Å². The molecular formula is C11H22O2. The lowest BCUT2D eigenvalue weighted by atomic mass is 9.65. The van der Waals surface area contributed by atoms with E-state index in [1.54, 1.807) is 0 Å². The smallest absolute Gasteiger partial charge is 0.102 e. The normalized spacial score (nSPS) is 33.2. The van der Waals surface area contributed by atoms with Gasteiger partial charge in [-0.3, -0.25) is 0 Å². The van der Waals surface area contributed by atoms with Gasteiger partial charge in [0.25, 0.3) is 0 Å². The molecule has 0 radical (unpaired) electrons. The number of rotatable bonds is 2. The molecule has 0 aromatic heterocycles. The highest BCUT2D eigenvalue weighted by Gasteiger charge is 2.70. The molecule has 1 fully saturated rings. The Hall–Kier alpha value is -0.0800. The number of epoxide rings is 1. The maximum Gasteiger partial charge on any atom is 0.102 e. The molecule has 0 spiro atoms. The highest BCUT2D eigenvalue weighted by molar-refractivity contribution is 5.18. The molecule has 1 rings (SSSR count). The number of ether oxygens (including phenoxy) is 1. The number of hydrogen-bond donors (Lipinski definition) is 1. The maximum absolute atomic E-state index is 10.1. The fourth-order valence-corrected chi connectivity index (χ4v) is 1.95. The van der Waals surface area contributed by atoms with Crippen molar-refractivity contribution >= 4 is 0 Å². The van der Waals surface area contributed by atoms with E-state index in [0.29, 0.717) is 0 Å². The summed E-state index contributed by atoms with van der Waals surface area (Å²) >= 11 is 0. The average Bonchev–Trinajstić information content (AvgIpc) is 2.31. The standard InChI is InChI=1S/C11H22O2/c1-8(2,9(3,4)12)11(7)10(5,6)13-11/h12H,1-7H3. The number of aliphatic hydroxyl groups is 1. The van der Waals surface area contributed by atoms with E-state index in [9.17, 15) is 5.11 Å². The molecule has 1 heterocycles. The first kappa shape index (κ1) is 11.0. The first-order valence-corrected chi connectivity index (χ1v) is 4.88. The molecule has 2 nitrogen and oxygen atoms in total. The van der Waals surface area contributed by atoms with Gasteiger partial charge in [0.05, 0.1) is 11.2 Å². The molecule has 2 heteroatoms. The molecule has 0 saturated carbocycles. The highest BCUT2D eigenvalue weighted by atomic mass is 16.6. The Morgan fingerprint density at radius 1 is 1.00 bits per heavy atom. The van der Waals surface area contributed by atoms with Gasteiger partial charge in [-0.25, -0.2) is 0 Å². The summed E-state index contributed by atoms with van der Waals surface area (Å²) < 4.78 is 5.72. The third kappa shape index (κ3) is 1.23. The van der Waals surface area contributed by atoms with Crippen LogP contribution in [0.4, 0.5) is 0 Å². The molecule has 1 atom stereocenters. The Labute approximate surface area is 81.3 Å². The van der Waals surface area contributed by atoms with Gasteiger partial charge in [0.15, 0.2) is 0 Å². The Morgan fingerprint density at radius 3 is 1.38 bits per heavy atom. The fraction of sp³-hybridized carbons (Fsp3) is 1.00. The van der Waals surface area contributed by atoms with Crippen LogP contribution in [-0.2, 0) is 4.74 Å². The van der Waals surface area contributed by atoms with Gasteiger partial charge in [-0.05, 0) is 34.6 Å². The largest absolute Gasteiger partial charge is 0.390 e. The van der Waals surface area contributed by atoms with Gasteiger partial charge in [-0.2, -0.15) is 0 Å². The second kappa shape index (κ2) is 2.29. The van der Waals surface area contributed by atoms with Gasteiger partial charge < -0.3 is 9.84 Å². The second-order valence-corrected chi connectivity index (χ2v) is 5.83. The second-order valence-electron chi connectivity index (χ2n) is 5.83. The lowest BCUT2D eigenvalue weighted by molar-refractivity contribution is -0.0750. The van der Waals surface area contributed by atoms with Crippen molar-refractivity contribution in [2.75, 3.05) is 0 Å². The summed E-state index contributed by atoms with van der Waals surface area (Å²) in [7, 11) is 0. The van der Waals surface area contributed by atoms with Gasteiger partial charge in [0.2, 0.25) is 0 Å². The van der Waals surface area contributed by atoms with Gasteiger partial charge in [-0.15, -0.1) is 0 Å². The first-order valence-electron chi connectivity index (χ1n) is 4.88. The zero-order valence-electron chi connectivity index (χ0n) is 9.86. The summed E-state index contributed by atoms with van der Waals surface area (Å²) in [5, 5.41) is 10.1. The number of hydrogen-bond acceptors (Lipinski definition) is 2. The molecular weight excluding hydrogens is 164 g/mol. The van der Waals surface area contributed by atoms with Crippen LogP contribution >= 0.6 is 0 Å². The maximum atomic E-state index is 10.1. The van der Waals surface area contributed by atoms with Crippen molar-refractivity contribution < 1.29 is 9.84 Å². The van der Waals surface area contributed by atoms with Crippen LogP contribution < -0.4 is 0 Å². The molecule has 1 aliphatic rings. The predicted molar refractivity (Wildman–Crippen MR) is 53.6 cm³/mol. The fourth-order valence-electron chi connectivity index (χ4n) is 1.95. The Kier molecular flexibility index (Phi) is 1.94. The molecule has 0 aromatic carbocycles. The van der Waals surface area contributed by atoms with Crippen LogP contribution in [0.2, 0.25) is 0 Å². The van der Waals surface area contributed by atoms with E-state index < -0.39 is 5.60 Å². The van der Waals surface area contributed by atoms with E-state index in [-0.39, 0.29) is 16.6 Å². The van der Waals surface area contributed by atoms with Crippen LogP contribution in [0.1, 0.15) is 48.5 Å². The SMILES string of the molecule is CC(C)(O)C(C)(C)C1(C)OC1(C)C. The van der Waals surface area contributed by atoms with E-state index in [4.69, 9.17) is 4.74 Å². The topological polar surface area (TPSA) is 32.8 Å².